The predicted molar refractivity (Wildman–Crippen MR) is 114 cm³/mol. The van der Waals surface area contributed by atoms with E-state index in [0.29, 0.717) is 15.6 Å². The van der Waals surface area contributed by atoms with Crippen LogP contribution in [0, 0.1) is 5.82 Å². The molecule has 0 aromatic heterocycles. The minimum Gasteiger partial charge on any atom is -0.352 e. The Morgan fingerprint density at radius 1 is 1.03 bits per heavy atom. The highest BCUT2D eigenvalue weighted by molar-refractivity contribution is 6.42. The number of amides is 2. The van der Waals surface area contributed by atoms with E-state index in [1.54, 1.807) is 37.3 Å². The summed E-state index contributed by atoms with van der Waals surface area (Å²) in [6.45, 7) is 5.76. The van der Waals surface area contributed by atoms with E-state index in [9.17, 15) is 14.0 Å². The summed E-state index contributed by atoms with van der Waals surface area (Å²) >= 11 is 12.0. The molecule has 0 aliphatic heterocycles. The quantitative estimate of drug-likeness (QED) is 0.629. The first kappa shape index (κ1) is 23.2. The summed E-state index contributed by atoms with van der Waals surface area (Å²) in [6, 6.07) is 10.2. The van der Waals surface area contributed by atoms with Crippen LogP contribution in [-0.2, 0) is 22.6 Å². The lowest BCUT2D eigenvalue weighted by Crippen LogP contribution is -2.49. The normalized spacial score (nSPS) is 12.9. The van der Waals surface area contributed by atoms with Crippen LogP contribution < -0.4 is 5.32 Å². The fraction of sp³-hybridized carbons (Fsp3) is 0.364. The molecule has 4 nitrogen and oxygen atoms in total. The maximum atomic E-state index is 13.2. The van der Waals surface area contributed by atoms with E-state index in [1.165, 1.54) is 17.0 Å². The Kier molecular flexibility index (Phi) is 8.47. The molecule has 2 atom stereocenters. The maximum absolute atomic E-state index is 13.2. The van der Waals surface area contributed by atoms with Gasteiger partial charge in [-0.2, -0.15) is 0 Å². The summed E-state index contributed by atoms with van der Waals surface area (Å²) in [4.78, 5) is 27.2. The van der Waals surface area contributed by atoms with Gasteiger partial charge in [-0.25, -0.2) is 4.39 Å². The van der Waals surface area contributed by atoms with Gasteiger partial charge in [0.1, 0.15) is 11.9 Å². The van der Waals surface area contributed by atoms with Gasteiger partial charge in [-0.3, -0.25) is 9.59 Å². The van der Waals surface area contributed by atoms with Crippen LogP contribution in [0.1, 0.15) is 38.3 Å². The molecule has 7 heteroatoms. The molecule has 0 unspecified atom stereocenters. The van der Waals surface area contributed by atoms with Crippen molar-refractivity contribution in [2.45, 2.75) is 52.2 Å². The molecule has 0 saturated carbocycles. The number of nitrogens with zero attached hydrogens (tertiary/aromatic N) is 1. The van der Waals surface area contributed by atoms with Crippen molar-refractivity contribution < 1.29 is 14.0 Å². The summed E-state index contributed by atoms with van der Waals surface area (Å²) < 4.78 is 13.2. The van der Waals surface area contributed by atoms with Crippen molar-refractivity contribution in [3.05, 3.63) is 69.5 Å². The molecular weight excluding hydrogens is 414 g/mol. The number of hydrogen-bond donors (Lipinski definition) is 1. The Balaban J connectivity index is 2.23. The van der Waals surface area contributed by atoms with Crippen molar-refractivity contribution in [1.82, 2.24) is 10.2 Å². The molecule has 0 saturated heterocycles. The molecule has 2 amide bonds. The number of hydrogen-bond acceptors (Lipinski definition) is 2. The van der Waals surface area contributed by atoms with Crippen molar-refractivity contribution in [3.63, 3.8) is 0 Å². The molecule has 0 bridgehead atoms. The third kappa shape index (κ3) is 6.72. The summed E-state index contributed by atoms with van der Waals surface area (Å²) in [5.41, 5.74) is 1.43. The van der Waals surface area contributed by atoms with Gasteiger partial charge in [0.25, 0.3) is 0 Å². The van der Waals surface area contributed by atoms with Crippen molar-refractivity contribution in [2.75, 3.05) is 0 Å². The first-order chi connectivity index (χ1) is 13.7. The summed E-state index contributed by atoms with van der Waals surface area (Å²) in [6.07, 6.45) is 0.854. The number of benzene rings is 2. The minimum absolute atomic E-state index is 0.00259. The second-order valence-electron chi connectivity index (χ2n) is 7.07. The Morgan fingerprint density at radius 2 is 1.66 bits per heavy atom. The SMILES string of the molecule is CC[C@@H](C)NC(=O)[C@H](C)N(Cc1ccc(F)cc1)C(=O)Cc1ccc(Cl)c(Cl)c1. The molecule has 0 spiro atoms. The lowest BCUT2D eigenvalue weighted by atomic mass is 10.1. The predicted octanol–water partition coefficient (Wildman–Crippen LogP) is 5.01. The van der Waals surface area contributed by atoms with E-state index >= 15 is 0 Å². The van der Waals surface area contributed by atoms with Crippen LogP contribution >= 0.6 is 23.2 Å². The summed E-state index contributed by atoms with van der Waals surface area (Å²) in [5.74, 6) is -0.825. The summed E-state index contributed by atoms with van der Waals surface area (Å²) in [7, 11) is 0. The Morgan fingerprint density at radius 3 is 2.24 bits per heavy atom. The molecule has 156 valence electrons. The molecule has 0 radical (unpaired) electrons. The van der Waals surface area contributed by atoms with E-state index in [-0.39, 0.29) is 36.6 Å². The zero-order chi connectivity index (χ0) is 21.6. The average Bonchev–Trinajstić information content (AvgIpc) is 2.69. The second-order valence-corrected chi connectivity index (χ2v) is 7.88. The Labute approximate surface area is 181 Å². The van der Waals surface area contributed by atoms with E-state index < -0.39 is 6.04 Å². The van der Waals surface area contributed by atoms with Crippen molar-refractivity contribution in [3.8, 4) is 0 Å². The second kappa shape index (κ2) is 10.6. The van der Waals surface area contributed by atoms with E-state index in [0.717, 1.165) is 12.0 Å². The highest BCUT2D eigenvalue weighted by Crippen LogP contribution is 2.23. The van der Waals surface area contributed by atoms with Crippen LogP contribution in [0.2, 0.25) is 10.0 Å². The van der Waals surface area contributed by atoms with Gasteiger partial charge in [-0.15, -0.1) is 0 Å². The third-order valence-corrected chi connectivity index (χ3v) is 5.51. The van der Waals surface area contributed by atoms with Gasteiger partial charge in [0.2, 0.25) is 11.8 Å². The molecule has 2 aromatic rings. The first-order valence-corrected chi connectivity index (χ1v) is 10.2. The van der Waals surface area contributed by atoms with Crippen LogP contribution in [0.3, 0.4) is 0 Å². The van der Waals surface area contributed by atoms with Crippen molar-refractivity contribution in [2.24, 2.45) is 0 Å². The third-order valence-electron chi connectivity index (χ3n) is 4.77. The van der Waals surface area contributed by atoms with Gasteiger partial charge < -0.3 is 10.2 Å². The monoisotopic (exact) mass is 438 g/mol. The zero-order valence-corrected chi connectivity index (χ0v) is 18.2. The van der Waals surface area contributed by atoms with Gasteiger partial charge in [0.15, 0.2) is 0 Å². The van der Waals surface area contributed by atoms with Crippen LogP contribution in [0.15, 0.2) is 42.5 Å². The van der Waals surface area contributed by atoms with Crippen LogP contribution in [0.5, 0.6) is 0 Å². The van der Waals surface area contributed by atoms with Gasteiger partial charge in [-0.1, -0.05) is 48.3 Å². The molecule has 2 rings (SSSR count). The highest BCUT2D eigenvalue weighted by Gasteiger charge is 2.27. The smallest absolute Gasteiger partial charge is 0.242 e. The average molecular weight is 439 g/mol. The van der Waals surface area contributed by atoms with Crippen LogP contribution in [0.4, 0.5) is 4.39 Å². The molecule has 0 fully saturated rings. The van der Waals surface area contributed by atoms with Gasteiger partial charge in [-0.05, 0) is 55.7 Å². The molecule has 0 heterocycles. The largest absolute Gasteiger partial charge is 0.352 e. The van der Waals surface area contributed by atoms with Crippen molar-refractivity contribution >= 4 is 35.0 Å². The van der Waals surface area contributed by atoms with Crippen LogP contribution in [0.25, 0.3) is 0 Å². The van der Waals surface area contributed by atoms with Gasteiger partial charge in [0.05, 0.1) is 16.5 Å². The van der Waals surface area contributed by atoms with Crippen LogP contribution in [-0.4, -0.2) is 28.8 Å². The van der Waals surface area contributed by atoms with Crippen molar-refractivity contribution in [1.29, 1.82) is 0 Å². The number of halogens is 3. The van der Waals surface area contributed by atoms with Gasteiger partial charge >= 0.3 is 0 Å². The zero-order valence-electron chi connectivity index (χ0n) is 16.7. The maximum Gasteiger partial charge on any atom is 0.242 e. The van der Waals surface area contributed by atoms with E-state index in [1.807, 2.05) is 13.8 Å². The first-order valence-electron chi connectivity index (χ1n) is 9.49. The molecule has 2 aromatic carbocycles. The fourth-order valence-electron chi connectivity index (χ4n) is 2.76. The lowest BCUT2D eigenvalue weighted by Gasteiger charge is -2.30. The fourth-order valence-corrected chi connectivity index (χ4v) is 3.08. The molecule has 0 aliphatic carbocycles. The minimum atomic E-state index is -0.690. The van der Waals surface area contributed by atoms with Gasteiger partial charge in [0, 0.05) is 12.6 Å². The number of carbonyl (C=O) groups is 2. The molecule has 29 heavy (non-hydrogen) atoms. The standard InChI is InChI=1S/C22H25Cl2FN2O2/c1-4-14(2)26-22(29)15(3)27(13-16-5-8-18(25)9-6-16)21(28)12-17-7-10-19(23)20(24)11-17/h5-11,14-15H,4,12-13H2,1-3H3,(H,26,29)/t14-,15+/m1/s1. The summed E-state index contributed by atoms with van der Waals surface area (Å²) in [5, 5.41) is 3.68. The Hall–Kier alpha value is -2.11. The molecule has 1 N–H and O–H groups in total. The highest BCUT2D eigenvalue weighted by atomic mass is 35.5. The number of rotatable bonds is 8. The lowest BCUT2D eigenvalue weighted by molar-refractivity contribution is -0.140. The van der Waals surface area contributed by atoms with E-state index in [4.69, 9.17) is 23.2 Å². The topological polar surface area (TPSA) is 49.4 Å². The number of nitrogens with one attached hydrogen (secondary N) is 1. The molecular formula is C22H25Cl2FN2O2. The molecule has 0 aliphatic rings. The van der Waals surface area contributed by atoms with E-state index in [2.05, 4.69) is 5.32 Å². The number of carbonyl (C=O) groups excluding carboxylic acids is 2. The Bertz CT molecular complexity index is 858.